The lowest BCUT2D eigenvalue weighted by atomic mass is 10.3. The summed E-state index contributed by atoms with van der Waals surface area (Å²) in [5, 5.41) is 2.60. The van der Waals surface area contributed by atoms with Crippen LogP contribution in [0.4, 0.5) is 15.8 Å². The molecule has 0 saturated carbocycles. The number of hydrogen-bond acceptors (Lipinski definition) is 3. The van der Waals surface area contributed by atoms with Gasteiger partial charge in [-0.25, -0.2) is 4.39 Å². The molecule has 2 aromatic rings. The van der Waals surface area contributed by atoms with Crippen LogP contribution in [0, 0.1) is 12.7 Å². The molecule has 1 heterocycles. The van der Waals surface area contributed by atoms with E-state index in [0.717, 1.165) is 4.88 Å². The Bertz CT molecular complexity index is 593. The number of nitrogens with two attached hydrogens (primary N) is 1. The minimum atomic E-state index is -0.522. The van der Waals surface area contributed by atoms with E-state index in [1.54, 1.807) is 6.07 Å². The van der Waals surface area contributed by atoms with Gasteiger partial charge in [0, 0.05) is 16.3 Å². The van der Waals surface area contributed by atoms with E-state index in [1.165, 1.54) is 29.5 Å². The number of carbonyl (C=O) groups is 1. The first-order valence-corrected chi connectivity index (χ1v) is 6.29. The van der Waals surface area contributed by atoms with Gasteiger partial charge in [-0.05, 0) is 31.2 Å². The monoisotopic (exact) mass is 284 g/mol. The van der Waals surface area contributed by atoms with Crippen molar-refractivity contribution in [2.75, 3.05) is 11.1 Å². The van der Waals surface area contributed by atoms with E-state index < -0.39 is 5.82 Å². The second kappa shape index (κ2) is 4.96. The van der Waals surface area contributed by atoms with Gasteiger partial charge in [0.05, 0.1) is 9.90 Å². The van der Waals surface area contributed by atoms with Crippen molar-refractivity contribution in [3.8, 4) is 0 Å². The molecule has 1 aromatic heterocycles. The zero-order chi connectivity index (χ0) is 13.3. The molecule has 0 aliphatic carbocycles. The SMILES string of the molecule is Cc1sc(C(=O)Nc2ccc(F)c(Cl)c2)cc1N. The van der Waals surface area contributed by atoms with Crippen molar-refractivity contribution in [2.45, 2.75) is 6.92 Å². The molecule has 3 N–H and O–H groups in total. The summed E-state index contributed by atoms with van der Waals surface area (Å²) in [5.74, 6) is -0.812. The van der Waals surface area contributed by atoms with Crippen LogP contribution >= 0.6 is 22.9 Å². The lowest BCUT2D eigenvalue weighted by Crippen LogP contribution is -2.10. The van der Waals surface area contributed by atoms with E-state index in [9.17, 15) is 9.18 Å². The van der Waals surface area contributed by atoms with E-state index >= 15 is 0 Å². The maximum absolute atomic E-state index is 13.0. The second-order valence-electron chi connectivity index (χ2n) is 3.71. The molecule has 94 valence electrons. The van der Waals surface area contributed by atoms with Crippen molar-refractivity contribution >= 4 is 40.2 Å². The van der Waals surface area contributed by atoms with Crippen LogP contribution in [0.5, 0.6) is 0 Å². The van der Waals surface area contributed by atoms with Gasteiger partial charge in [-0.15, -0.1) is 11.3 Å². The normalized spacial score (nSPS) is 10.4. The summed E-state index contributed by atoms with van der Waals surface area (Å²) >= 11 is 6.93. The van der Waals surface area contributed by atoms with Gasteiger partial charge in [0.15, 0.2) is 0 Å². The third-order valence-corrected chi connectivity index (χ3v) is 3.71. The predicted octanol–water partition coefficient (Wildman–Crippen LogP) is 3.68. The highest BCUT2D eigenvalue weighted by Gasteiger charge is 2.11. The highest BCUT2D eigenvalue weighted by atomic mass is 35.5. The van der Waals surface area contributed by atoms with Gasteiger partial charge in [0.25, 0.3) is 5.91 Å². The third kappa shape index (κ3) is 2.63. The fourth-order valence-corrected chi connectivity index (χ4v) is 2.39. The highest BCUT2D eigenvalue weighted by molar-refractivity contribution is 7.14. The average Bonchev–Trinajstić information content (AvgIpc) is 2.65. The van der Waals surface area contributed by atoms with Crippen molar-refractivity contribution in [1.82, 2.24) is 0 Å². The predicted molar refractivity (Wildman–Crippen MR) is 72.8 cm³/mol. The van der Waals surface area contributed by atoms with Crippen molar-refractivity contribution in [3.63, 3.8) is 0 Å². The minimum absolute atomic E-state index is 0.0327. The lowest BCUT2D eigenvalue weighted by molar-refractivity contribution is 0.103. The smallest absolute Gasteiger partial charge is 0.265 e. The topological polar surface area (TPSA) is 55.1 Å². The highest BCUT2D eigenvalue weighted by Crippen LogP contribution is 2.25. The fraction of sp³-hybridized carbons (Fsp3) is 0.0833. The van der Waals surface area contributed by atoms with Gasteiger partial charge in [-0.1, -0.05) is 11.6 Å². The molecule has 2 rings (SSSR count). The molecule has 0 radical (unpaired) electrons. The molecular formula is C12H10ClFN2OS. The molecule has 0 aliphatic heterocycles. The Morgan fingerprint density at radius 2 is 2.17 bits per heavy atom. The summed E-state index contributed by atoms with van der Waals surface area (Å²) in [7, 11) is 0. The minimum Gasteiger partial charge on any atom is -0.398 e. The molecule has 0 saturated heterocycles. The van der Waals surface area contributed by atoms with Crippen LogP contribution < -0.4 is 11.1 Å². The number of rotatable bonds is 2. The van der Waals surface area contributed by atoms with Crippen LogP contribution in [0.2, 0.25) is 5.02 Å². The number of nitrogens with one attached hydrogen (secondary N) is 1. The first-order valence-electron chi connectivity index (χ1n) is 5.09. The molecule has 0 aliphatic rings. The van der Waals surface area contributed by atoms with Crippen LogP contribution in [-0.4, -0.2) is 5.91 Å². The molecule has 3 nitrogen and oxygen atoms in total. The summed E-state index contributed by atoms with van der Waals surface area (Å²) in [6, 6.07) is 5.62. The lowest BCUT2D eigenvalue weighted by Gasteiger charge is -2.04. The van der Waals surface area contributed by atoms with Gasteiger partial charge in [0.2, 0.25) is 0 Å². The van der Waals surface area contributed by atoms with E-state index in [4.69, 9.17) is 17.3 Å². The molecule has 0 bridgehead atoms. The Labute approximate surface area is 112 Å². The fourth-order valence-electron chi connectivity index (χ4n) is 1.37. The van der Waals surface area contributed by atoms with Crippen molar-refractivity contribution in [2.24, 2.45) is 0 Å². The summed E-state index contributed by atoms with van der Waals surface area (Å²) in [4.78, 5) is 13.3. The molecule has 6 heteroatoms. The third-order valence-electron chi connectivity index (χ3n) is 2.36. The average molecular weight is 285 g/mol. The quantitative estimate of drug-likeness (QED) is 0.884. The molecule has 0 unspecified atom stereocenters. The zero-order valence-corrected chi connectivity index (χ0v) is 11.0. The number of nitrogen functional groups attached to an aromatic ring is 1. The molecular weight excluding hydrogens is 275 g/mol. The Morgan fingerprint density at radius 3 is 2.72 bits per heavy atom. The zero-order valence-electron chi connectivity index (χ0n) is 9.46. The number of carbonyl (C=O) groups excluding carboxylic acids is 1. The largest absolute Gasteiger partial charge is 0.398 e. The molecule has 18 heavy (non-hydrogen) atoms. The number of halogens is 2. The number of aryl methyl sites for hydroxylation is 1. The van der Waals surface area contributed by atoms with E-state index in [1.807, 2.05) is 6.92 Å². The summed E-state index contributed by atoms with van der Waals surface area (Å²) in [6.07, 6.45) is 0. The van der Waals surface area contributed by atoms with Crippen molar-refractivity contribution in [3.05, 3.63) is 44.9 Å². The van der Waals surface area contributed by atoms with Crippen LogP contribution in [0.15, 0.2) is 24.3 Å². The van der Waals surface area contributed by atoms with E-state index in [2.05, 4.69) is 5.32 Å². The number of thiophene rings is 1. The maximum atomic E-state index is 13.0. The summed E-state index contributed by atoms with van der Waals surface area (Å²) in [6.45, 7) is 1.84. The number of anilines is 2. The molecule has 0 spiro atoms. The Morgan fingerprint density at radius 1 is 1.44 bits per heavy atom. The number of hydrogen-bond donors (Lipinski definition) is 2. The first-order chi connectivity index (χ1) is 8.47. The van der Waals surface area contributed by atoms with E-state index in [-0.39, 0.29) is 10.9 Å². The van der Waals surface area contributed by atoms with Crippen LogP contribution in [0.25, 0.3) is 0 Å². The number of amides is 1. The van der Waals surface area contributed by atoms with Crippen molar-refractivity contribution in [1.29, 1.82) is 0 Å². The van der Waals surface area contributed by atoms with Gasteiger partial charge in [-0.2, -0.15) is 0 Å². The van der Waals surface area contributed by atoms with Crippen LogP contribution in [0.3, 0.4) is 0 Å². The Balaban J connectivity index is 2.18. The number of benzene rings is 1. The van der Waals surface area contributed by atoms with Gasteiger partial charge in [0.1, 0.15) is 5.82 Å². The van der Waals surface area contributed by atoms with Crippen molar-refractivity contribution < 1.29 is 9.18 Å². The summed E-state index contributed by atoms with van der Waals surface area (Å²) in [5.41, 5.74) is 6.70. The van der Waals surface area contributed by atoms with Gasteiger partial charge >= 0.3 is 0 Å². The first kappa shape index (κ1) is 12.9. The Kier molecular flexibility index (Phi) is 3.54. The van der Waals surface area contributed by atoms with Crippen LogP contribution in [-0.2, 0) is 0 Å². The summed E-state index contributed by atoms with van der Waals surface area (Å²) < 4.78 is 13.0. The molecule has 0 atom stereocenters. The van der Waals surface area contributed by atoms with Gasteiger partial charge < -0.3 is 11.1 Å². The molecule has 1 amide bonds. The van der Waals surface area contributed by atoms with Crippen LogP contribution in [0.1, 0.15) is 14.5 Å². The molecule has 1 aromatic carbocycles. The second-order valence-corrected chi connectivity index (χ2v) is 5.37. The standard InChI is InChI=1S/C12H10ClFN2OS/c1-6-10(15)5-11(18-6)12(17)16-7-2-3-9(14)8(13)4-7/h2-5H,15H2,1H3,(H,16,17). The van der Waals surface area contributed by atoms with Gasteiger partial charge in [-0.3, -0.25) is 4.79 Å². The van der Waals surface area contributed by atoms with E-state index in [0.29, 0.717) is 16.3 Å². The molecule has 0 fully saturated rings. The Hall–Kier alpha value is -1.59. The maximum Gasteiger partial charge on any atom is 0.265 e.